The minimum absolute atomic E-state index is 0.500. The van der Waals surface area contributed by atoms with Crippen LogP contribution in [0.1, 0.15) is 6.92 Å². The zero-order valence-electron chi connectivity index (χ0n) is 9.06. The summed E-state index contributed by atoms with van der Waals surface area (Å²) in [4.78, 5) is 21.5. The van der Waals surface area contributed by atoms with Gasteiger partial charge >= 0.3 is 21.0 Å². The fourth-order valence-electron chi connectivity index (χ4n) is 0.704. The van der Waals surface area contributed by atoms with Crippen molar-refractivity contribution < 1.29 is 32.0 Å². The Morgan fingerprint density at radius 1 is 1.07 bits per heavy atom. The molecule has 0 heterocycles. The van der Waals surface area contributed by atoms with Crippen LogP contribution in [0.25, 0.3) is 0 Å². The summed E-state index contributed by atoms with van der Waals surface area (Å²) >= 11 is 0. The number of carbonyl (C=O) groups is 2. The second-order valence-corrected chi connectivity index (χ2v) is 4.80. The van der Waals surface area contributed by atoms with Gasteiger partial charge in [-0.2, -0.15) is 0 Å². The lowest BCUT2D eigenvalue weighted by atomic mass is 10.7. The number of esters is 1. The van der Waals surface area contributed by atoms with E-state index >= 15 is 0 Å². The standard InChI is InChI=1S/C7H14O7Si/c1-6(8)13-5-7(9)14-15(10-2,11-3)12-4/h5H2,1-4H3. The highest BCUT2D eigenvalue weighted by atomic mass is 28.4. The van der Waals surface area contributed by atoms with Gasteiger partial charge in [-0.25, -0.2) is 4.79 Å². The molecule has 0 aliphatic carbocycles. The van der Waals surface area contributed by atoms with Crippen molar-refractivity contribution in [2.24, 2.45) is 0 Å². The molecule has 0 rings (SSSR count). The summed E-state index contributed by atoms with van der Waals surface area (Å²) in [5, 5.41) is 0. The second-order valence-electron chi connectivity index (χ2n) is 2.37. The highest BCUT2D eigenvalue weighted by molar-refractivity contribution is 6.55. The van der Waals surface area contributed by atoms with Gasteiger partial charge in [-0.15, -0.1) is 0 Å². The summed E-state index contributed by atoms with van der Waals surface area (Å²) in [5.74, 6) is -1.37. The summed E-state index contributed by atoms with van der Waals surface area (Å²) < 4.78 is 23.7. The van der Waals surface area contributed by atoms with E-state index < -0.39 is 27.6 Å². The van der Waals surface area contributed by atoms with Gasteiger partial charge in [-0.05, 0) is 0 Å². The van der Waals surface area contributed by atoms with Gasteiger partial charge in [-0.1, -0.05) is 0 Å². The first-order valence-electron chi connectivity index (χ1n) is 4.00. The molecule has 0 N–H and O–H groups in total. The Balaban J connectivity index is 4.17. The molecule has 0 atom stereocenters. The molecule has 8 heteroatoms. The Morgan fingerprint density at radius 3 is 1.87 bits per heavy atom. The van der Waals surface area contributed by atoms with E-state index in [-0.39, 0.29) is 0 Å². The number of hydrogen-bond acceptors (Lipinski definition) is 7. The third kappa shape index (κ3) is 4.88. The van der Waals surface area contributed by atoms with E-state index in [0.29, 0.717) is 0 Å². The van der Waals surface area contributed by atoms with Gasteiger partial charge in [0.2, 0.25) is 0 Å². The number of rotatable bonds is 6. The molecule has 0 aromatic heterocycles. The van der Waals surface area contributed by atoms with Crippen molar-refractivity contribution in [2.75, 3.05) is 27.9 Å². The summed E-state index contributed by atoms with van der Waals surface area (Å²) in [5.41, 5.74) is 0. The minimum atomic E-state index is -3.39. The van der Waals surface area contributed by atoms with Crippen LogP contribution in [0.5, 0.6) is 0 Å². The van der Waals surface area contributed by atoms with Crippen LogP contribution in [0.2, 0.25) is 0 Å². The zero-order chi connectivity index (χ0) is 11.9. The van der Waals surface area contributed by atoms with Crippen LogP contribution in [0.3, 0.4) is 0 Å². The van der Waals surface area contributed by atoms with E-state index in [2.05, 4.69) is 4.74 Å². The van der Waals surface area contributed by atoms with Crippen LogP contribution in [0.4, 0.5) is 0 Å². The van der Waals surface area contributed by atoms with Crippen LogP contribution in [0.15, 0.2) is 0 Å². The Hall–Kier alpha value is -0.963. The van der Waals surface area contributed by atoms with E-state index in [1.807, 2.05) is 0 Å². The van der Waals surface area contributed by atoms with E-state index in [0.717, 1.165) is 0 Å². The van der Waals surface area contributed by atoms with E-state index in [9.17, 15) is 9.59 Å². The fourth-order valence-corrected chi connectivity index (χ4v) is 1.79. The quantitative estimate of drug-likeness (QED) is 0.454. The molecule has 0 aromatic rings. The van der Waals surface area contributed by atoms with Crippen LogP contribution >= 0.6 is 0 Å². The predicted molar refractivity (Wildman–Crippen MR) is 49.5 cm³/mol. The lowest BCUT2D eigenvalue weighted by molar-refractivity contribution is -0.156. The summed E-state index contributed by atoms with van der Waals surface area (Å²) in [7, 11) is 0.477. The van der Waals surface area contributed by atoms with Gasteiger partial charge in [0.1, 0.15) is 0 Å². The van der Waals surface area contributed by atoms with Crippen LogP contribution in [-0.4, -0.2) is 48.9 Å². The van der Waals surface area contributed by atoms with Crippen molar-refractivity contribution in [3.63, 3.8) is 0 Å². The fraction of sp³-hybridized carbons (Fsp3) is 0.714. The highest BCUT2D eigenvalue weighted by Crippen LogP contribution is 2.07. The van der Waals surface area contributed by atoms with Gasteiger partial charge < -0.3 is 22.4 Å². The molecule has 0 aliphatic heterocycles. The van der Waals surface area contributed by atoms with Crippen molar-refractivity contribution >= 4 is 21.0 Å². The maximum absolute atomic E-state index is 11.1. The van der Waals surface area contributed by atoms with E-state index in [1.54, 1.807) is 0 Å². The molecule has 0 saturated heterocycles. The minimum Gasteiger partial charge on any atom is -0.454 e. The molecule has 88 valence electrons. The molecule has 0 aliphatic rings. The number of hydrogen-bond donors (Lipinski definition) is 0. The SMILES string of the molecule is CO[Si](OC)(OC)OC(=O)COC(C)=O. The average Bonchev–Trinajstić information content (AvgIpc) is 2.23. The predicted octanol–water partition coefficient (Wildman–Crippen LogP) is -0.533. The molecule has 0 radical (unpaired) electrons. The van der Waals surface area contributed by atoms with Crippen molar-refractivity contribution in [1.82, 2.24) is 0 Å². The van der Waals surface area contributed by atoms with Crippen molar-refractivity contribution in [3.8, 4) is 0 Å². The van der Waals surface area contributed by atoms with Gasteiger partial charge in [0, 0.05) is 28.3 Å². The Morgan fingerprint density at radius 2 is 1.53 bits per heavy atom. The molecule has 0 saturated carbocycles. The maximum atomic E-state index is 11.1. The average molecular weight is 238 g/mol. The largest absolute Gasteiger partial charge is 0.750 e. The Labute approximate surface area is 88.7 Å². The molecule has 0 bridgehead atoms. The van der Waals surface area contributed by atoms with Gasteiger partial charge in [0.25, 0.3) is 0 Å². The lowest BCUT2D eigenvalue weighted by Gasteiger charge is -2.21. The Bertz CT molecular complexity index is 217. The third-order valence-electron chi connectivity index (χ3n) is 1.38. The van der Waals surface area contributed by atoms with Crippen LogP contribution in [-0.2, 0) is 32.0 Å². The van der Waals surface area contributed by atoms with E-state index in [4.69, 9.17) is 17.7 Å². The molecule has 0 fully saturated rings. The van der Waals surface area contributed by atoms with Crippen LogP contribution < -0.4 is 0 Å². The molecular weight excluding hydrogens is 224 g/mol. The van der Waals surface area contributed by atoms with Crippen molar-refractivity contribution in [1.29, 1.82) is 0 Å². The normalized spacial score (nSPS) is 10.9. The molecule has 0 aromatic carbocycles. The number of carbonyl (C=O) groups excluding carboxylic acids is 2. The molecule has 0 unspecified atom stereocenters. The van der Waals surface area contributed by atoms with E-state index in [1.165, 1.54) is 28.3 Å². The summed E-state index contributed by atoms with van der Waals surface area (Å²) in [6.07, 6.45) is 0. The monoisotopic (exact) mass is 238 g/mol. The van der Waals surface area contributed by atoms with Gasteiger partial charge in [0.05, 0.1) is 0 Å². The lowest BCUT2D eigenvalue weighted by Crippen LogP contribution is -2.48. The molecule has 0 spiro atoms. The second kappa shape index (κ2) is 6.51. The zero-order valence-corrected chi connectivity index (χ0v) is 10.1. The Kier molecular flexibility index (Phi) is 6.09. The van der Waals surface area contributed by atoms with Crippen molar-refractivity contribution in [3.05, 3.63) is 0 Å². The maximum Gasteiger partial charge on any atom is 0.750 e. The summed E-state index contributed by atoms with van der Waals surface area (Å²) in [6, 6.07) is 0. The third-order valence-corrected chi connectivity index (χ3v) is 3.36. The smallest absolute Gasteiger partial charge is 0.454 e. The van der Waals surface area contributed by atoms with Crippen molar-refractivity contribution in [2.45, 2.75) is 6.92 Å². The molecular formula is C7H14O7Si. The highest BCUT2D eigenvalue weighted by Gasteiger charge is 2.46. The molecule has 0 amide bonds. The molecule has 15 heavy (non-hydrogen) atoms. The first-order chi connectivity index (χ1) is 6.99. The topological polar surface area (TPSA) is 80.3 Å². The van der Waals surface area contributed by atoms with Gasteiger partial charge in [-0.3, -0.25) is 4.79 Å². The first kappa shape index (κ1) is 14.0. The first-order valence-corrected chi connectivity index (χ1v) is 5.63. The van der Waals surface area contributed by atoms with Gasteiger partial charge in [0.15, 0.2) is 6.61 Å². The molecule has 7 nitrogen and oxygen atoms in total. The summed E-state index contributed by atoms with van der Waals surface area (Å²) in [6.45, 7) is 0.682. The van der Waals surface area contributed by atoms with Crippen LogP contribution in [0, 0.1) is 0 Å². The number of ether oxygens (including phenoxy) is 1.